The van der Waals surface area contributed by atoms with E-state index in [4.69, 9.17) is 5.73 Å². The normalized spacial score (nSPS) is 10.6. The van der Waals surface area contributed by atoms with E-state index in [1.165, 1.54) is 0 Å². The average molecular weight is 337 g/mol. The van der Waals surface area contributed by atoms with Gasteiger partial charge in [0.1, 0.15) is 6.54 Å². The molecule has 1 amide bonds. The van der Waals surface area contributed by atoms with Crippen LogP contribution in [0.5, 0.6) is 0 Å². The first-order valence-electron chi connectivity index (χ1n) is 6.24. The number of nitrogen functional groups attached to an aromatic ring is 1. The minimum Gasteiger partial charge on any atom is -0.399 e. The van der Waals surface area contributed by atoms with Gasteiger partial charge in [-0.2, -0.15) is 5.10 Å². The predicted molar refractivity (Wildman–Crippen MR) is 83.6 cm³/mol. The molecule has 0 atom stereocenters. The van der Waals surface area contributed by atoms with Gasteiger partial charge in [0, 0.05) is 11.4 Å². The van der Waals surface area contributed by atoms with Crippen molar-refractivity contribution in [2.45, 2.75) is 27.3 Å². The van der Waals surface area contributed by atoms with Gasteiger partial charge in [-0.05, 0) is 60.5 Å². The van der Waals surface area contributed by atoms with Crippen LogP contribution in [0.3, 0.4) is 0 Å². The van der Waals surface area contributed by atoms with Gasteiger partial charge in [-0.25, -0.2) is 0 Å². The van der Waals surface area contributed by atoms with Gasteiger partial charge >= 0.3 is 0 Å². The first kappa shape index (κ1) is 14.6. The fourth-order valence-corrected chi connectivity index (χ4v) is 2.27. The molecule has 0 aliphatic heterocycles. The Bertz CT molecular complexity index is 663. The Morgan fingerprint density at radius 3 is 2.65 bits per heavy atom. The standard InChI is InChI=1S/C14H17BrN4O/c1-8-6-11(16)4-5-12(8)17-13(20)7-19-10(3)14(15)9(2)18-19/h4-6H,7,16H2,1-3H3,(H,17,20). The summed E-state index contributed by atoms with van der Waals surface area (Å²) in [5.74, 6) is -0.115. The Morgan fingerprint density at radius 2 is 2.10 bits per heavy atom. The highest BCUT2D eigenvalue weighted by molar-refractivity contribution is 9.10. The number of halogens is 1. The highest BCUT2D eigenvalue weighted by atomic mass is 79.9. The number of nitrogens with zero attached hydrogens (tertiary/aromatic N) is 2. The predicted octanol–water partition coefficient (Wildman–Crippen LogP) is 2.79. The maximum absolute atomic E-state index is 12.1. The van der Waals surface area contributed by atoms with Gasteiger partial charge in [-0.15, -0.1) is 0 Å². The summed E-state index contributed by atoms with van der Waals surface area (Å²) in [6.07, 6.45) is 0. The molecule has 20 heavy (non-hydrogen) atoms. The van der Waals surface area contributed by atoms with E-state index < -0.39 is 0 Å². The molecule has 0 spiro atoms. The number of anilines is 2. The van der Waals surface area contributed by atoms with Gasteiger partial charge in [-0.3, -0.25) is 9.48 Å². The molecule has 0 saturated heterocycles. The third-order valence-corrected chi connectivity index (χ3v) is 4.26. The van der Waals surface area contributed by atoms with Gasteiger partial charge in [-0.1, -0.05) is 0 Å². The van der Waals surface area contributed by atoms with E-state index in [9.17, 15) is 4.79 Å². The maximum Gasteiger partial charge on any atom is 0.246 e. The molecule has 2 rings (SSSR count). The summed E-state index contributed by atoms with van der Waals surface area (Å²) in [7, 11) is 0. The molecule has 0 unspecified atom stereocenters. The Balaban J connectivity index is 2.11. The van der Waals surface area contributed by atoms with Crippen LogP contribution in [0.1, 0.15) is 17.0 Å². The van der Waals surface area contributed by atoms with Crippen molar-refractivity contribution in [2.75, 3.05) is 11.1 Å². The number of nitrogens with two attached hydrogens (primary N) is 1. The van der Waals surface area contributed by atoms with Crippen molar-refractivity contribution in [3.63, 3.8) is 0 Å². The lowest BCUT2D eigenvalue weighted by Crippen LogP contribution is -2.20. The quantitative estimate of drug-likeness (QED) is 0.846. The fourth-order valence-electron chi connectivity index (χ4n) is 1.98. The van der Waals surface area contributed by atoms with Crippen molar-refractivity contribution in [2.24, 2.45) is 0 Å². The average Bonchev–Trinajstić information content (AvgIpc) is 2.61. The topological polar surface area (TPSA) is 72.9 Å². The minimum absolute atomic E-state index is 0.115. The van der Waals surface area contributed by atoms with E-state index >= 15 is 0 Å². The molecule has 0 radical (unpaired) electrons. The van der Waals surface area contributed by atoms with Gasteiger partial charge in [0.25, 0.3) is 0 Å². The second-order valence-corrected chi connectivity index (χ2v) is 5.56. The molecule has 3 N–H and O–H groups in total. The Hall–Kier alpha value is -1.82. The van der Waals surface area contributed by atoms with Crippen molar-refractivity contribution in [1.29, 1.82) is 0 Å². The molecular formula is C14H17BrN4O. The molecule has 0 fully saturated rings. The lowest BCUT2D eigenvalue weighted by molar-refractivity contribution is -0.116. The highest BCUT2D eigenvalue weighted by Gasteiger charge is 2.12. The third-order valence-electron chi connectivity index (χ3n) is 3.11. The van der Waals surface area contributed by atoms with Crippen molar-refractivity contribution in [3.05, 3.63) is 39.6 Å². The van der Waals surface area contributed by atoms with Crippen LogP contribution in [0.25, 0.3) is 0 Å². The summed E-state index contributed by atoms with van der Waals surface area (Å²) >= 11 is 3.45. The molecule has 6 heteroatoms. The molecule has 1 heterocycles. The zero-order chi connectivity index (χ0) is 14.9. The van der Waals surface area contributed by atoms with Gasteiger partial charge in [0.2, 0.25) is 5.91 Å². The zero-order valence-electron chi connectivity index (χ0n) is 11.7. The minimum atomic E-state index is -0.115. The molecule has 0 saturated carbocycles. The maximum atomic E-state index is 12.1. The Morgan fingerprint density at radius 1 is 1.40 bits per heavy atom. The van der Waals surface area contributed by atoms with E-state index in [0.29, 0.717) is 5.69 Å². The summed E-state index contributed by atoms with van der Waals surface area (Å²) in [4.78, 5) is 12.1. The summed E-state index contributed by atoms with van der Waals surface area (Å²) in [5, 5.41) is 7.19. The number of benzene rings is 1. The lowest BCUT2D eigenvalue weighted by atomic mass is 10.2. The zero-order valence-corrected chi connectivity index (χ0v) is 13.3. The van der Waals surface area contributed by atoms with Crippen molar-refractivity contribution >= 4 is 33.2 Å². The Labute approximate surface area is 126 Å². The third kappa shape index (κ3) is 3.01. The number of aromatic nitrogens is 2. The molecular weight excluding hydrogens is 320 g/mol. The molecule has 0 aliphatic rings. The fraction of sp³-hybridized carbons (Fsp3) is 0.286. The lowest BCUT2D eigenvalue weighted by Gasteiger charge is -2.10. The van der Waals surface area contributed by atoms with Crippen molar-refractivity contribution < 1.29 is 4.79 Å². The smallest absolute Gasteiger partial charge is 0.246 e. The number of hydrogen-bond donors (Lipinski definition) is 2. The number of carbonyl (C=O) groups is 1. The van der Waals surface area contributed by atoms with E-state index in [2.05, 4.69) is 26.3 Å². The monoisotopic (exact) mass is 336 g/mol. The molecule has 106 valence electrons. The van der Waals surface area contributed by atoms with Crippen molar-refractivity contribution in [3.8, 4) is 0 Å². The number of aryl methyl sites for hydroxylation is 2. The Kier molecular flexibility index (Phi) is 4.13. The van der Waals surface area contributed by atoms with E-state index in [1.807, 2.05) is 26.8 Å². The van der Waals surface area contributed by atoms with Crippen LogP contribution in [0.2, 0.25) is 0 Å². The molecule has 0 bridgehead atoms. The highest BCUT2D eigenvalue weighted by Crippen LogP contribution is 2.20. The molecule has 2 aromatic rings. The summed E-state index contributed by atoms with van der Waals surface area (Å²) in [6.45, 7) is 5.91. The van der Waals surface area contributed by atoms with E-state index in [-0.39, 0.29) is 12.5 Å². The largest absolute Gasteiger partial charge is 0.399 e. The number of carbonyl (C=O) groups excluding carboxylic acids is 1. The SMILES string of the molecule is Cc1cc(N)ccc1NC(=O)Cn1nc(C)c(Br)c1C. The first-order valence-corrected chi connectivity index (χ1v) is 7.03. The van der Waals surface area contributed by atoms with Crippen LogP contribution in [0.4, 0.5) is 11.4 Å². The van der Waals surface area contributed by atoms with Crippen molar-refractivity contribution in [1.82, 2.24) is 9.78 Å². The van der Waals surface area contributed by atoms with Gasteiger partial charge in [0.05, 0.1) is 15.9 Å². The molecule has 1 aromatic carbocycles. The summed E-state index contributed by atoms with van der Waals surface area (Å²) in [6, 6.07) is 5.40. The molecule has 5 nitrogen and oxygen atoms in total. The second kappa shape index (κ2) is 5.66. The molecule has 0 aliphatic carbocycles. The first-order chi connectivity index (χ1) is 9.38. The number of nitrogens with one attached hydrogen (secondary N) is 1. The van der Waals surface area contributed by atoms with Crippen LogP contribution in [0, 0.1) is 20.8 Å². The number of hydrogen-bond acceptors (Lipinski definition) is 3. The van der Waals surface area contributed by atoms with Crippen LogP contribution < -0.4 is 11.1 Å². The summed E-state index contributed by atoms with van der Waals surface area (Å²) < 4.78 is 2.62. The van der Waals surface area contributed by atoms with E-state index in [1.54, 1.807) is 16.8 Å². The van der Waals surface area contributed by atoms with E-state index in [0.717, 1.165) is 27.1 Å². The van der Waals surface area contributed by atoms with Crippen LogP contribution in [-0.2, 0) is 11.3 Å². The van der Waals surface area contributed by atoms with Crippen LogP contribution in [-0.4, -0.2) is 15.7 Å². The second-order valence-electron chi connectivity index (χ2n) is 4.76. The van der Waals surface area contributed by atoms with Crippen LogP contribution >= 0.6 is 15.9 Å². The molecule has 1 aromatic heterocycles. The summed E-state index contributed by atoms with van der Waals surface area (Å²) in [5.41, 5.74) is 9.89. The van der Waals surface area contributed by atoms with Gasteiger partial charge in [0.15, 0.2) is 0 Å². The van der Waals surface area contributed by atoms with Gasteiger partial charge < -0.3 is 11.1 Å². The number of amides is 1. The van der Waals surface area contributed by atoms with Crippen LogP contribution in [0.15, 0.2) is 22.7 Å². The number of rotatable bonds is 3.